The number of ether oxygens (including phenoxy) is 2. The minimum absolute atomic E-state index is 0.304. The number of anilines is 1. The van der Waals surface area contributed by atoms with E-state index >= 15 is 0 Å². The van der Waals surface area contributed by atoms with Crippen molar-refractivity contribution in [2.75, 3.05) is 5.32 Å². The molecule has 2 rings (SSSR count). The lowest BCUT2D eigenvalue weighted by atomic mass is 9.97. The molecular weight excluding hydrogens is 630 g/mol. The Morgan fingerprint density at radius 3 is 2.15 bits per heavy atom. The molecule has 1 aromatic heterocycles. The lowest BCUT2D eigenvalue weighted by Gasteiger charge is -2.33. The molecule has 1 atom stereocenters. The van der Waals surface area contributed by atoms with Gasteiger partial charge in [0.2, 0.25) is 5.60 Å². The Labute approximate surface area is 238 Å². The van der Waals surface area contributed by atoms with Gasteiger partial charge in [-0.1, -0.05) is 36.4 Å². The standard InChI is InChI=1S/C25H25BrF6N4O5/c1-5-11-23(25(30,31)32,40-13-14-9-7-6-8-10-14)20(38)36-35-19(37)17-16(33-21(39)41-22(2,3)4)12-15(18(26)34-17)24(27,28)29/h5-10,12H,1,11,13H2,2-4H3,(H,33,39)(H,35,37)(H,36,38). The number of amides is 3. The molecule has 16 heteroatoms. The van der Waals surface area contributed by atoms with Crippen molar-refractivity contribution in [3.63, 3.8) is 0 Å². The van der Waals surface area contributed by atoms with E-state index < -0.39 is 76.0 Å². The Morgan fingerprint density at radius 2 is 1.63 bits per heavy atom. The third-order valence-corrected chi connectivity index (χ3v) is 5.61. The number of carbonyl (C=O) groups is 3. The summed E-state index contributed by atoms with van der Waals surface area (Å²) in [6.45, 7) is 6.98. The summed E-state index contributed by atoms with van der Waals surface area (Å²) >= 11 is 2.58. The van der Waals surface area contributed by atoms with Crippen LogP contribution in [0.5, 0.6) is 0 Å². The van der Waals surface area contributed by atoms with Crippen LogP contribution in [0.2, 0.25) is 0 Å². The highest BCUT2D eigenvalue weighted by Crippen LogP contribution is 2.39. The molecule has 0 radical (unpaired) electrons. The van der Waals surface area contributed by atoms with E-state index in [-0.39, 0.29) is 0 Å². The number of rotatable bonds is 8. The molecule has 0 fully saturated rings. The summed E-state index contributed by atoms with van der Waals surface area (Å²) in [6.07, 6.45) is -11.8. The van der Waals surface area contributed by atoms with Gasteiger partial charge in [-0.25, -0.2) is 9.78 Å². The number of hydrogen-bond donors (Lipinski definition) is 3. The summed E-state index contributed by atoms with van der Waals surface area (Å²) in [5.74, 6) is -3.33. The minimum atomic E-state index is -5.30. The Balaban J connectivity index is 2.39. The zero-order valence-corrected chi connectivity index (χ0v) is 23.4. The van der Waals surface area contributed by atoms with Crippen molar-refractivity contribution in [1.82, 2.24) is 15.8 Å². The van der Waals surface area contributed by atoms with Crippen LogP contribution in [-0.4, -0.2) is 40.3 Å². The Kier molecular flexibility index (Phi) is 10.5. The molecule has 2 aromatic rings. The van der Waals surface area contributed by atoms with Crippen LogP contribution in [0.1, 0.15) is 48.8 Å². The predicted octanol–water partition coefficient (Wildman–Crippen LogP) is 6.06. The van der Waals surface area contributed by atoms with E-state index in [1.54, 1.807) is 29.1 Å². The van der Waals surface area contributed by atoms with Crippen LogP contribution >= 0.6 is 15.9 Å². The topological polar surface area (TPSA) is 119 Å². The van der Waals surface area contributed by atoms with Gasteiger partial charge in [0.25, 0.3) is 11.8 Å². The maximum absolute atomic E-state index is 14.2. The summed E-state index contributed by atoms with van der Waals surface area (Å²) in [6, 6.07) is 7.98. The van der Waals surface area contributed by atoms with E-state index in [0.717, 1.165) is 6.08 Å². The number of benzene rings is 1. The van der Waals surface area contributed by atoms with Gasteiger partial charge in [-0.3, -0.25) is 25.8 Å². The molecule has 0 aliphatic rings. The molecule has 9 nitrogen and oxygen atoms in total. The number of nitrogens with one attached hydrogen (secondary N) is 3. The molecule has 0 saturated carbocycles. The van der Waals surface area contributed by atoms with Crippen molar-refractivity contribution in [3.05, 3.63) is 70.5 Å². The molecule has 1 heterocycles. The van der Waals surface area contributed by atoms with E-state index in [2.05, 4.69) is 27.5 Å². The molecule has 224 valence electrons. The molecular formula is C25H25BrF6N4O5. The molecule has 3 N–H and O–H groups in total. The highest BCUT2D eigenvalue weighted by atomic mass is 79.9. The first kappa shape index (κ1) is 33.5. The van der Waals surface area contributed by atoms with Crippen LogP contribution in [0.4, 0.5) is 36.8 Å². The van der Waals surface area contributed by atoms with Crippen molar-refractivity contribution in [2.45, 2.75) is 57.4 Å². The van der Waals surface area contributed by atoms with E-state index in [0.29, 0.717) is 11.6 Å². The highest BCUT2D eigenvalue weighted by Gasteiger charge is 2.61. The van der Waals surface area contributed by atoms with Gasteiger partial charge in [-0.2, -0.15) is 26.3 Å². The van der Waals surface area contributed by atoms with Gasteiger partial charge in [0.15, 0.2) is 5.69 Å². The molecule has 0 bridgehead atoms. The third-order valence-electron chi connectivity index (χ3n) is 5.01. The molecule has 1 unspecified atom stereocenters. The van der Waals surface area contributed by atoms with Gasteiger partial charge in [0.1, 0.15) is 10.2 Å². The summed E-state index contributed by atoms with van der Waals surface area (Å²) in [4.78, 5) is 41.4. The van der Waals surface area contributed by atoms with Crippen LogP contribution in [0, 0.1) is 0 Å². The second-order valence-corrected chi connectivity index (χ2v) is 10.1. The van der Waals surface area contributed by atoms with Crippen molar-refractivity contribution in [2.24, 2.45) is 0 Å². The highest BCUT2D eigenvalue weighted by molar-refractivity contribution is 9.10. The van der Waals surface area contributed by atoms with Crippen LogP contribution in [-0.2, 0) is 27.1 Å². The zero-order chi connectivity index (χ0) is 31.2. The number of carbonyl (C=O) groups excluding carboxylic acids is 3. The normalized spacial score (nSPS) is 13.5. The lowest BCUT2D eigenvalue weighted by Crippen LogP contribution is -2.61. The number of pyridine rings is 1. The lowest BCUT2D eigenvalue weighted by molar-refractivity contribution is -0.270. The largest absolute Gasteiger partial charge is 0.444 e. The molecule has 1 aromatic carbocycles. The number of halogens is 7. The molecule has 0 aliphatic carbocycles. The molecule has 41 heavy (non-hydrogen) atoms. The maximum Gasteiger partial charge on any atom is 0.427 e. The molecule has 0 saturated heterocycles. The minimum Gasteiger partial charge on any atom is -0.444 e. The summed E-state index contributed by atoms with van der Waals surface area (Å²) in [7, 11) is 0. The van der Waals surface area contributed by atoms with E-state index in [1.807, 2.05) is 5.32 Å². The monoisotopic (exact) mass is 654 g/mol. The molecule has 0 aliphatic heterocycles. The Morgan fingerprint density at radius 1 is 1.02 bits per heavy atom. The van der Waals surface area contributed by atoms with Gasteiger partial charge in [0, 0.05) is 6.42 Å². The van der Waals surface area contributed by atoms with Crippen molar-refractivity contribution >= 4 is 39.5 Å². The number of alkyl halides is 6. The predicted molar refractivity (Wildman–Crippen MR) is 137 cm³/mol. The van der Waals surface area contributed by atoms with Gasteiger partial charge >= 0.3 is 18.4 Å². The average Bonchev–Trinajstić information content (AvgIpc) is 2.83. The molecule has 0 spiro atoms. The van der Waals surface area contributed by atoms with E-state index in [1.165, 1.54) is 32.9 Å². The number of nitrogens with zero attached hydrogens (tertiary/aromatic N) is 1. The quantitative estimate of drug-likeness (QED) is 0.138. The Hall–Kier alpha value is -3.66. The van der Waals surface area contributed by atoms with E-state index in [4.69, 9.17) is 9.47 Å². The number of hydrazine groups is 1. The van der Waals surface area contributed by atoms with Crippen LogP contribution in [0.3, 0.4) is 0 Å². The van der Waals surface area contributed by atoms with Gasteiger partial charge in [-0.05, 0) is 48.3 Å². The fourth-order valence-electron chi connectivity index (χ4n) is 3.17. The first-order chi connectivity index (χ1) is 18.8. The first-order valence-corrected chi connectivity index (χ1v) is 12.3. The summed E-state index contributed by atoms with van der Waals surface area (Å²) < 4.78 is 92.0. The van der Waals surface area contributed by atoms with Gasteiger partial charge < -0.3 is 9.47 Å². The summed E-state index contributed by atoms with van der Waals surface area (Å²) in [5, 5.41) is 1.95. The second-order valence-electron chi connectivity index (χ2n) is 9.35. The fourth-order valence-corrected chi connectivity index (χ4v) is 3.69. The average molecular weight is 655 g/mol. The van der Waals surface area contributed by atoms with Crippen LogP contribution in [0.15, 0.2) is 53.7 Å². The van der Waals surface area contributed by atoms with Crippen LogP contribution < -0.4 is 16.2 Å². The van der Waals surface area contributed by atoms with Crippen LogP contribution in [0.25, 0.3) is 0 Å². The maximum atomic E-state index is 14.2. The smallest absolute Gasteiger partial charge is 0.427 e. The van der Waals surface area contributed by atoms with Gasteiger partial charge in [-0.15, -0.1) is 6.58 Å². The van der Waals surface area contributed by atoms with Crippen molar-refractivity contribution < 1.29 is 50.2 Å². The molecule has 3 amide bonds. The SMILES string of the molecule is C=CCC(OCc1ccccc1)(C(=O)NNC(=O)c1nc(Br)c(C(F)(F)F)cc1NC(=O)OC(C)(C)C)C(F)(F)F. The van der Waals surface area contributed by atoms with Crippen molar-refractivity contribution in [3.8, 4) is 0 Å². The number of aromatic nitrogens is 1. The third kappa shape index (κ3) is 8.91. The van der Waals surface area contributed by atoms with E-state index in [9.17, 15) is 40.7 Å². The van der Waals surface area contributed by atoms with Crippen molar-refractivity contribution in [1.29, 1.82) is 0 Å². The number of hydrogen-bond acceptors (Lipinski definition) is 6. The summed E-state index contributed by atoms with van der Waals surface area (Å²) in [5.41, 5.74) is -4.14. The van der Waals surface area contributed by atoms with Gasteiger partial charge in [0.05, 0.1) is 17.9 Å². The Bertz CT molecular complexity index is 1280. The first-order valence-electron chi connectivity index (χ1n) is 11.5. The fraction of sp³-hybridized carbons (Fsp3) is 0.360. The zero-order valence-electron chi connectivity index (χ0n) is 21.8. The second kappa shape index (κ2) is 12.9.